The lowest BCUT2D eigenvalue weighted by atomic mass is 10.00. The van der Waals surface area contributed by atoms with Crippen molar-refractivity contribution in [1.29, 1.82) is 0 Å². The maximum atomic E-state index is 5.49. The van der Waals surface area contributed by atoms with Crippen molar-refractivity contribution >= 4 is 0 Å². The Hall–Kier alpha value is -1.55. The SMILES string of the molecule is NCCCCCc1nc2c([nH]1)CCc1occc1-2. The Balaban J connectivity index is 1.73. The van der Waals surface area contributed by atoms with E-state index in [4.69, 9.17) is 15.1 Å². The normalized spacial score (nSPS) is 13.4. The van der Waals surface area contributed by atoms with E-state index >= 15 is 0 Å². The molecular weight excluding hydrogens is 226 g/mol. The van der Waals surface area contributed by atoms with Crippen LogP contribution in [-0.2, 0) is 19.3 Å². The van der Waals surface area contributed by atoms with Crippen LogP contribution in [0.4, 0.5) is 0 Å². The van der Waals surface area contributed by atoms with Crippen molar-refractivity contribution in [3.8, 4) is 11.3 Å². The molecule has 2 aromatic rings. The van der Waals surface area contributed by atoms with Crippen LogP contribution in [0, 0.1) is 0 Å². The van der Waals surface area contributed by atoms with Crippen LogP contribution in [0.2, 0.25) is 0 Å². The number of nitrogens with zero attached hydrogens (tertiary/aromatic N) is 1. The molecule has 2 heterocycles. The Bertz CT molecular complexity index is 527. The Morgan fingerprint density at radius 1 is 1.28 bits per heavy atom. The molecule has 3 rings (SSSR count). The van der Waals surface area contributed by atoms with Crippen molar-refractivity contribution in [3.05, 3.63) is 29.6 Å². The first-order valence-corrected chi connectivity index (χ1v) is 6.73. The summed E-state index contributed by atoms with van der Waals surface area (Å²) in [6.07, 6.45) is 8.19. The average molecular weight is 245 g/mol. The van der Waals surface area contributed by atoms with Crippen LogP contribution < -0.4 is 5.73 Å². The molecule has 3 N–H and O–H groups in total. The second kappa shape index (κ2) is 4.98. The second-order valence-electron chi connectivity index (χ2n) is 4.87. The molecule has 4 nitrogen and oxygen atoms in total. The monoisotopic (exact) mass is 245 g/mol. The molecule has 4 heteroatoms. The third-order valence-corrected chi connectivity index (χ3v) is 3.55. The highest BCUT2D eigenvalue weighted by molar-refractivity contribution is 5.66. The van der Waals surface area contributed by atoms with Gasteiger partial charge in [0.25, 0.3) is 0 Å². The zero-order valence-corrected chi connectivity index (χ0v) is 10.5. The van der Waals surface area contributed by atoms with Crippen LogP contribution in [0.5, 0.6) is 0 Å². The molecule has 0 aromatic carbocycles. The van der Waals surface area contributed by atoms with E-state index in [1.54, 1.807) is 6.26 Å². The highest BCUT2D eigenvalue weighted by atomic mass is 16.3. The molecule has 0 saturated heterocycles. The van der Waals surface area contributed by atoms with Gasteiger partial charge in [0.15, 0.2) is 0 Å². The maximum absolute atomic E-state index is 5.49. The van der Waals surface area contributed by atoms with Crippen molar-refractivity contribution in [2.45, 2.75) is 38.5 Å². The lowest BCUT2D eigenvalue weighted by Crippen LogP contribution is -2.00. The second-order valence-corrected chi connectivity index (χ2v) is 4.87. The maximum Gasteiger partial charge on any atom is 0.113 e. The number of furan rings is 1. The Labute approximate surface area is 107 Å². The van der Waals surface area contributed by atoms with Crippen LogP contribution in [0.1, 0.15) is 36.5 Å². The third kappa shape index (κ3) is 2.08. The molecule has 2 aromatic heterocycles. The zero-order valence-electron chi connectivity index (χ0n) is 10.5. The first-order valence-electron chi connectivity index (χ1n) is 6.73. The number of unbranched alkanes of at least 4 members (excludes halogenated alkanes) is 2. The van der Waals surface area contributed by atoms with E-state index in [-0.39, 0.29) is 0 Å². The molecule has 0 fully saturated rings. The fraction of sp³-hybridized carbons (Fsp3) is 0.500. The van der Waals surface area contributed by atoms with Crippen LogP contribution in [0.25, 0.3) is 11.3 Å². The molecule has 0 radical (unpaired) electrons. The van der Waals surface area contributed by atoms with E-state index in [1.807, 2.05) is 6.07 Å². The zero-order chi connectivity index (χ0) is 12.4. The molecular formula is C14H19N3O. The third-order valence-electron chi connectivity index (χ3n) is 3.55. The summed E-state index contributed by atoms with van der Waals surface area (Å²) >= 11 is 0. The van der Waals surface area contributed by atoms with Gasteiger partial charge >= 0.3 is 0 Å². The fourth-order valence-corrected chi connectivity index (χ4v) is 2.58. The van der Waals surface area contributed by atoms with Crippen molar-refractivity contribution in [3.63, 3.8) is 0 Å². The van der Waals surface area contributed by atoms with Gasteiger partial charge in [0.05, 0.1) is 12.0 Å². The van der Waals surface area contributed by atoms with Crippen molar-refractivity contribution in [1.82, 2.24) is 9.97 Å². The largest absolute Gasteiger partial charge is 0.469 e. The number of imidazole rings is 1. The van der Waals surface area contributed by atoms with Crippen LogP contribution in [0.3, 0.4) is 0 Å². The first kappa shape index (κ1) is 11.5. The number of nitrogens with two attached hydrogens (primary N) is 1. The van der Waals surface area contributed by atoms with Gasteiger partial charge in [-0.15, -0.1) is 0 Å². The van der Waals surface area contributed by atoms with Crippen molar-refractivity contribution in [2.75, 3.05) is 6.54 Å². The molecule has 0 saturated carbocycles. The molecule has 0 spiro atoms. The number of aryl methyl sites for hydroxylation is 3. The average Bonchev–Trinajstić information content (AvgIpc) is 2.99. The molecule has 96 valence electrons. The Morgan fingerprint density at radius 2 is 2.22 bits per heavy atom. The minimum atomic E-state index is 0.785. The van der Waals surface area contributed by atoms with Gasteiger partial charge in [-0.25, -0.2) is 4.98 Å². The van der Waals surface area contributed by atoms with E-state index in [2.05, 4.69) is 4.98 Å². The van der Waals surface area contributed by atoms with Crippen LogP contribution >= 0.6 is 0 Å². The molecule has 0 aliphatic heterocycles. The molecule has 1 aliphatic carbocycles. The summed E-state index contributed by atoms with van der Waals surface area (Å²) in [5.74, 6) is 2.18. The number of rotatable bonds is 5. The summed E-state index contributed by atoms with van der Waals surface area (Å²) in [4.78, 5) is 8.17. The molecule has 0 amide bonds. The Morgan fingerprint density at radius 3 is 3.11 bits per heavy atom. The molecule has 0 atom stereocenters. The van der Waals surface area contributed by atoms with Gasteiger partial charge in [0.2, 0.25) is 0 Å². The summed E-state index contributed by atoms with van der Waals surface area (Å²) in [6, 6.07) is 2.02. The van der Waals surface area contributed by atoms with Gasteiger partial charge < -0.3 is 15.1 Å². The smallest absolute Gasteiger partial charge is 0.113 e. The standard InChI is InChI=1S/C14H19N3O/c15-8-3-1-2-4-13-16-11-5-6-12-10(7-9-18-12)14(11)17-13/h7,9H,1-6,8,15H2,(H,16,17). The number of hydrogen-bond donors (Lipinski definition) is 2. The quantitative estimate of drug-likeness (QED) is 0.795. The number of H-pyrrole nitrogens is 1. The summed E-state index contributed by atoms with van der Waals surface area (Å²) in [5.41, 5.74) is 9.02. The number of nitrogens with one attached hydrogen (secondary N) is 1. The van der Waals surface area contributed by atoms with Crippen molar-refractivity contribution < 1.29 is 4.42 Å². The number of hydrogen-bond acceptors (Lipinski definition) is 3. The fourth-order valence-electron chi connectivity index (χ4n) is 2.58. The highest BCUT2D eigenvalue weighted by Crippen LogP contribution is 2.32. The van der Waals surface area contributed by atoms with Gasteiger partial charge in [0, 0.05) is 24.1 Å². The summed E-state index contributed by atoms with van der Waals surface area (Å²) in [7, 11) is 0. The van der Waals surface area contributed by atoms with Gasteiger partial charge in [-0.2, -0.15) is 0 Å². The van der Waals surface area contributed by atoms with E-state index in [1.165, 1.54) is 17.7 Å². The Kier molecular flexibility index (Phi) is 3.19. The predicted molar refractivity (Wildman–Crippen MR) is 70.3 cm³/mol. The summed E-state index contributed by atoms with van der Waals surface area (Å²) < 4.78 is 5.47. The summed E-state index contributed by atoms with van der Waals surface area (Å²) in [6.45, 7) is 0.785. The van der Waals surface area contributed by atoms with E-state index < -0.39 is 0 Å². The molecule has 1 aliphatic rings. The van der Waals surface area contributed by atoms with E-state index in [9.17, 15) is 0 Å². The van der Waals surface area contributed by atoms with Gasteiger partial charge in [-0.05, 0) is 31.9 Å². The van der Waals surface area contributed by atoms with Gasteiger partial charge in [0.1, 0.15) is 11.6 Å². The van der Waals surface area contributed by atoms with Crippen LogP contribution in [-0.4, -0.2) is 16.5 Å². The first-order chi connectivity index (χ1) is 8.88. The molecule has 0 bridgehead atoms. The molecule has 0 unspecified atom stereocenters. The van der Waals surface area contributed by atoms with Gasteiger partial charge in [-0.3, -0.25) is 0 Å². The minimum Gasteiger partial charge on any atom is -0.469 e. The number of fused-ring (bicyclic) bond motifs is 3. The number of aromatic nitrogens is 2. The summed E-state index contributed by atoms with van der Waals surface area (Å²) in [5, 5.41) is 0. The highest BCUT2D eigenvalue weighted by Gasteiger charge is 2.22. The topological polar surface area (TPSA) is 67.8 Å². The minimum absolute atomic E-state index is 0.785. The lowest BCUT2D eigenvalue weighted by Gasteiger charge is -2.08. The van der Waals surface area contributed by atoms with Crippen molar-refractivity contribution in [2.24, 2.45) is 5.73 Å². The predicted octanol–water partition coefficient (Wildman–Crippen LogP) is 2.44. The van der Waals surface area contributed by atoms with Gasteiger partial charge in [-0.1, -0.05) is 6.42 Å². The van der Waals surface area contributed by atoms with Crippen LogP contribution in [0.15, 0.2) is 16.7 Å². The van der Waals surface area contributed by atoms with E-state index in [0.717, 1.165) is 55.9 Å². The molecule has 18 heavy (non-hydrogen) atoms. The van der Waals surface area contributed by atoms with E-state index in [0.29, 0.717) is 0 Å². The number of aromatic amines is 1. The lowest BCUT2D eigenvalue weighted by molar-refractivity contribution is 0.506.